The van der Waals surface area contributed by atoms with Crippen molar-refractivity contribution < 1.29 is 14.3 Å². The Morgan fingerprint density at radius 3 is 2.45 bits per heavy atom. The Balaban J connectivity index is 2.40. The summed E-state index contributed by atoms with van der Waals surface area (Å²) in [5, 5.41) is 0. The number of rotatable bonds is 5. The van der Waals surface area contributed by atoms with Crippen LogP contribution in [-0.4, -0.2) is 26.5 Å². The zero-order valence-corrected chi connectivity index (χ0v) is 12.3. The second-order valence-corrected chi connectivity index (χ2v) is 5.44. The van der Waals surface area contributed by atoms with Crippen LogP contribution in [0, 0.1) is 5.41 Å². The normalized spacial score (nSPS) is 17.6. The van der Waals surface area contributed by atoms with Crippen LogP contribution in [0.4, 0.5) is 0 Å². The first-order chi connectivity index (χ1) is 9.66. The van der Waals surface area contributed by atoms with Crippen molar-refractivity contribution in [2.24, 2.45) is 11.1 Å². The van der Waals surface area contributed by atoms with Gasteiger partial charge in [-0.2, -0.15) is 0 Å². The Bertz CT molecular complexity index is 479. The molecule has 1 aliphatic rings. The standard InChI is InChI=1S/C16H23NO3/c1-19-12-6-7-14(20-2)13(10-12)15(18)16(11-17)8-4-3-5-9-16/h6-7,10H,3-5,8-9,11,17H2,1-2H3. The summed E-state index contributed by atoms with van der Waals surface area (Å²) >= 11 is 0. The summed E-state index contributed by atoms with van der Waals surface area (Å²) in [6, 6.07) is 5.33. The van der Waals surface area contributed by atoms with E-state index in [1.54, 1.807) is 32.4 Å². The fourth-order valence-electron chi connectivity index (χ4n) is 3.03. The van der Waals surface area contributed by atoms with Crippen molar-refractivity contribution in [2.45, 2.75) is 32.1 Å². The Hall–Kier alpha value is -1.55. The van der Waals surface area contributed by atoms with E-state index in [1.165, 1.54) is 6.42 Å². The molecule has 0 bridgehead atoms. The average Bonchev–Trinajstić information content (AvgIpc) is 2.54. The van der Waals surface area contributed by atoms with Crippen molar-refractivity contribution in [1.29, 1.82) is 0 Å². The number of methoxy groups -OCH3 is 2. The van der Waals surface area contributed by atoms with Gasteiger partial charge in [-0.3, -0.25) is 4.79 Å². The van der Waals surface area contributed by atoms with Crippen LogP contribution in [0.15, 0.2) is 18.2 Å². The van der Waals surface area contributed by atoms with Gasteiger partial charge in [0, 0.05) is 12.0 Å². The molecule has 1 aliphatic carbocycles. The predicted octanol–water partition coefficient (Wildman–Crippen LogP) is 2.80. The zero-order valence-electron chi connectivity index (χ0n) is 12.3. The molecule has 0 atom stereocenters. The number of carbonyl (C=O) groups excluding carboxylic acids is 1. The summed E-state index contributed by atoms with van der Waals surface area (Å²) in [4.78, 5) is 13.0. The third-order valence-corrected chi connectivity index (χ3v) is 4.33. The highest BCUT2D eigenvalue weighted by atomic mass is 16.5. The first-order valence-electron chi connectivity index (χ1n) is 7.14. The molecule has 1 fully saturated rings. The van der Waals surface area contributed by atoms with E-state index in [9.17, 15) is 4.79 Å². The molecular weight excluding hydrogens is 254 g/mol. The highest BCUT2D eigenvalue weighted by Gasteiger charge is 2.39. The molecule has 0 spiro atoms. The van der Waals surface area contributed by atoms with Crippen molar-refractivity contribution in [1.82, 2.24) is 0 Å². The maximum atomic E-state index is 13.0. The largest absolute Gasteiger partial charge is 0.497 e. The molecule has 1 saturated carbocycles. The van der Waals surface area contributed by atoms with Crippen LogP contribution < -0.4 is 15.2 Å². The van der Waals surface area contributed by atoms with Crippen molar-refractivity contribution in [2.75, 3.05) is 20.8 Å². The number of benzene rings is 1. The minimum atomic E-state index is -0.433. The Labute approximate surface area is 120 Å². The van der Waals surface area contributed by atoms with E-state index in [-0.39, 0.29) is 5.78 Å². The molecule has 0 amide bonds. The minimum absolute atomic E-state index is 0.0930. The van der Waals surface area contributed by atoms with Crippen LogP contribution in [0.1, 0.15) is 42.5 Å². The number of Topliss-reactive ketones (excluding diaryl/α,β-unsaturated/α-hetero) is 1. The first-order valence-corrected chi connectivity index (χ1v) is 7.14. The van der Waals surface area contributed by atoms with Crippen molar-refractivity contribution >= 4 is 5.78 Å². The predicted molar refractivity (Wildman–Crippen MR) is 78.4 cm³/mol. The second kappa shape index (κ2) is 6.27. The van der Waals surface area contributed by atoms with Crippen molar-refractivity contribution in [3.05, 3.63) is 23.8 Å². The lowest BCUT2D eigenvalue weighted by atomic mass is 9.69. The van der Waals surface area contributed by atoms with Gasteiger partial charge < -0.3 is 15.2 Å². The molecule has 110 valence electrons. The lowest BCUT2D eigenvalue weighted by Gasteiger charge is -2.35. The van der Waals surface area contributed by atoms with Gasteiger partial charge in [0.1, 0.15) is 11.5 Å². The number of ketones is 1. The zero-order chi connectivity index (χ0) is 14.6. The molecule has 0 aliphatic heterocycles. The fraction of sp³-hybridized carbons (Fsp3) is 0.562. The number of hydrogen-bond acceptors (Lipinski definition) is 4. The van der Waals surface area contributed by atoms with Crippen LogP contribution in [0.2, 0.25) is 0 Å². The third kappa shape index (κ3) is 2.66. The van der Waals surface area contributed by atoms with E-state index in [0.717, 1.165) is 25.7 Å². The topological polar surface area (TPSA) is 61.5 Å². The number of nitrogens with two attached hydrogens (primary N) is 1. The Kier molecular flexibility index (Phi) is 4.65. The van der Waals surface area contributed by atoms with Gasteiger partial charge in [-0.1, -0.05) is 19.3 Å². The molecule has 0 heterocycles. The number of hydrogen-bond donors (Lipinski definition) is 1. The minimum Gasteiger partial charge on any atom is -0.497 e. The molecule has 0 saturated heterocycles. The summed E-state index contributed by atoms with van der Waals surface area (Å²) < 4.78 is 10.5. The van der Waals surface area contributed by atoms with Crippen LogP contribution >= 0.6 is 0 Å². The molecule has 0 unspecified atom stereocenters. The molecular formula is C16H23NO3. The van der Waals surface area contributed by atoms with Gasteiger partial charge in [-0.15, -0.1) is 0 Å². The average molecular weight is 277 g/mol. The Morgan fingerprint density at radius 1 is 1.20 bits per heavy atom. The van der Waals surface area contributed by atoms with E-state index >= 15 is 0 Å². The van der Waals surface area contributed by atoms with E-state index < -0.39 is 5.41 Å². The lowest BCUT2D eigenvalue weighted by molar-refractivity contribution is 0.0726. The van der Waals surface area contributed by atoms with Gasteiger partial charge >= 0.3 is 0 Å². The maximum Gasteiger partial charge on any atom is 0.174 e. The van der Waals surface area contributed by atoms with Gasteiger partial charge in [0.25, 0.3) is 0 Å². The van der Waals surface area contributed by atoms with E-state index in [1.807, 2.05) is 0 Å². The highest BCUT2D eigenvalue weighted by molar-refractivity contribution is 6.03. The fourth-order valence-corrected chi connectivity index (χ4v) is 3.03. The maximum absolute atomic E-state index is 13.0. The molecule has 0 radical (unpaired) electrons. The van der Waals surface area contributed by atoms with Crippen molar-refractivity contribution in [3.63, 3.8) is 0 Å². The number of ether oxygens (including phenoxy) is 2. The van der Waals surface area contributed by atoms with Crippen LogP contribution in [0.25, 0.3) is 0 Å². The summed E-state index contributed by atoms with van der Waals surface area (Å²) in [6.07, 6.45) is 5.04. The molecule has 4 nitrogen and oxygen atoms in total. The number of carbonyl (C=O) groups is 1. The van der Waals surface area contributed by atoms with Gasteiger partial charge in [-0.05, 0) is 31.0 Å². The van der Waals surface area contributed by atoms with Crippen molar-refractivity contribution in [3.8, 4) is 11.5 Å². The molecule has 1 aromatic rings. The summed E-state index contributed by atoms with van der Waals surface area (Å²) in [5.41, 5.74) is 6.10. The summed E-state index contributed by atoms with van der Waals surface area (Å²) in [5.74, 6) is 1.35. The van der Waals surface area contributed by atoms with Crippen LogP contribution in [0.5, 0.6) is 11.5 Å². The van der Waals surface area contributed by atoms with Crippen LogP contribution in [0.3, 0.4) is 0 Å². The third-order valence-electron chi connectivity index (χ3n) is 4.33. The Morgan fingerprint density at radius 2 is 1.90 bits per heavy atom. The lowest BCUT2D eigenvalue weighted by Crippen LogP contribution is -2.40. The van der Waals surface area contributed by atoms with Gasteiger partial charge in [0.05, 0.1) is 19.8 Å². The highest BCUT2D eigenvalue weighted by Crippen LogP contribution is 2.40. The molecule has 2 N–H and O–H groups in total. The molecule has 1 aromatic carbocycles. The molecule has 20 heavy (non-hydrogen) atoms. The SMILES string of the molecule is COc1ccc(OC)c(C(=O)C2(CN)CCCCC2)c1. The molecule has 0 aromatic heterocycles. The van der Waals surface area contributed by atoms with E-state index in [4.69, 9.17) is 15.2 Å². The summed E-state index contributed by atoms with van der Waals surface area (Å²) in [7, 11) is 3.17. The summed E-state index contributed by atoms with van der Waals surface area (Å²) in [6.45, 7) is 0.395. The van der Waals surface area contributed by atoms with Crippen LogP contribution in [-0.2, 0) is 0 Å². The van der Waals surface area contributed by atoms with E-state index in [0.29, 0.717) is 23.6 Å². The van der Waals surface area contributed by atoms with Gasteiger partial charge in [-0.25, -0.2) is 0 Å². The quantitative estimate of drug-likeness (QED) is 0.841. The smallest absolute Gasteiger partial charge is 0.174 e. The first kappa shape index (κ1) is 14.9. The monoisotopic (exact) mass is 277 g/mol. The molecule has 4 heteroatoms. The van der Waals surface area contributed by atoms with E-state index in [2.05, 4.69) is 0 Å². The second-order valence-electron chi connectivity index (χ2n) is 5.44. The molecule has 2 rings (SSSR count). The van der Waals surface area contributed by atoms with Gasteiger partial charge in [0.15, 0.2) is 5.78 Å². The van der Waals surface area contributed by atoms with Gasteiger partial charge in [0.2, 0.25) is 0 Å².